The van der Waals surface area contributed by atoms with E-state index in [0.29, 0.717) is 19.1 Å². The summed E-state index contributed by atoms with van der Waals surface area (Å²) in [4.78, 5) is 0. The molecule has 1 aliphatic heterocycles. The van der Waals surface area contributed by atoms with E-state index in [2.05, 4.69) is 6.07 Å². The van der Waals surface area contributed by atoms with Crippen LogP contribution in [0.2, 0.25) is 0 Å². The fraction of sp³-hybridized carbons (Fsp3) is 0.700. The molecule has 1 unspecified atom stereocenters. The lowest BCUT2D eigenvalue weighted by atomic mass is 9.80. The first kappa shape index (κ1) is 19.7. The molecule has 1 aromatic rings. The topological polar surface area (TPSA) is 46.2 Å². The highest BCUT2D eigenvalue weighted by atomic mass is 35.5. The monoisotopic (exact) mass is 384 g/mol. The Kier molecular flexibility index (Phi) is 7.04. The van der Waals surface area contributed by atoms with Crippen LogP contribution in [0.15, 0.2) is 12.1 Å². The molecule has 0 saturated heterocycles. The molecule has 0 amide bonds. The number of halogens is 1. The van der Waals surface area contributed by atoms with Crippen molar-refractivity contribution in [2.75, 3.05) is 46.7 Å². The van der Waals surface area contributed by atoms with Crippen LogP contribution in [-0.2, 0) is 20.6 Å². The Bertz CT molecular complexity index is 586. The van der Waals surface area contributed by atoms with Gasteiger partial charge in [0, 0.05) is 5.88 Å². The third kappa shape index (κ3) is 4.45. The first-order valence-electron chi connectivity index (χ1n) is 9.29. The SMILES string of the molecule is COc1cc2c(cc1OC)C(COCOCCCl)OCC1(CCCC1)C2. The van der Waals surface area contributed by atoms with Crippen LogP contribution >= 0.6 is 11.6 Å². The van der Waals surface area contributed by atoms with Crippen LogP contribution in [0, 0.1) is 5.41 Å². The average molecular weight is 385 g/mol. The van der Waals surface area contributed by atoms with Gasteiger partial charge in [0.1, 0.15) is 12.9 Å². The van der Waals surface area contributed by atoms with Crippen molar-refractivity contribution in [2.24, 2.45) is 5.41 Å². The van der Waals surface area contributed by atoms with Crippen molar-refractivity contribution < 1.29 is 23.7 Å². The summed E-state index contributed by atoms with van der Waals surface area (Å²) in [6, 6.07) is 4.15. The van der Waals surface area contributed by atoms with E-state index in [9.17, 15) is 0 Å². The van der Waals surface area contributed by atoms with Gasteiger partial charge in [0.15, 0.2) is 11.5 Å². The van der Waals surface area contributed by atoms with E-state index >= 15 is 0 Å². The van der Waals surface area contributed by atoms with Gasteiger partial charge in [-0.15, -0.1) is 11.6 Å². The Labute approximate surface area is 160 Å². The molecule has 0 N–H and O–H groups in total. The predicted molar refractivity (Wildman–Crippen MR) is 100 cm³/mol. The number of ether oxygens (including phenoxy) is 5. The molecule has 1 saturated carbocycles. The van der Waals surface area contributed by atoms with Crippen molar-refractivity contribution in [1.29, 1.82) is 0 Å². The van der Waals surface area contributed by atoms with Crippen LogP contribution in [0.5, 0.6) is 11.5 Å². The molecule has 1 atom stereocenters. The number of fused-ring (bicyclic) bond motifs is 1. The van der Waals surface area contributed by atoms with E-state index in [4.69, 9.17) is 35.3 Å². The van der Waals surface area contributed by atoms with E-state index in [1.54, 1.807) is 14.2 Å². The Morgan fingerprint density at radius 1 is 1.12 bits per heavy atom. The van der Waals surface area contributed by atoms with Gasteiger partial charge in [0.05, 0.1) is 34.0 Å². The number of hydrogen-bond acceptors (Lipinski definition) is 5. The normalized spacial score (nSPS) is 21.4. The molecule has 0 radical (unpaired) electrons. The largest absolute Gasteiger partial charge is 0.493 e. The molecular weight excluding hydrogens is 356 g/mol. The van der Waals surface area contributed by atoms with Gasteiger partial charge in [-0.1, -0.05) is 12.8 Å². The van der Waals surface area contributed by atoms with Crippen molar-refractivity contribution >= 4 is 11.6 Å². The van der Waals surface area contributed by atoms with Gasteiger partial charge in [-0.25, -0.2) is 0 Å². The van der Waals surface area contributed by atoms with Crippen molar-refractivity contribution in [1.82, 2.24) is 0 Å². The Balaban J connectivity index is 1.82. The van der Waals surface area contributed by atoms with Gasteiger partial charge < -0.3 is 23.7 Å². The van der Waals surface area contributed by atoms with E-state index in [1.807, 2.05) is 6.07 Å². The summed E-state index contributed by atoms with van der Waals surface area (Å²) in [5.74, 6) is 1.96. The molecule has 6 heteroatoms. The van der Waals surface area contributed by atoms with Gasteiger partial charge in [0.2, 0.25) is 0 Å². The number of alkyl halides is 1. The molecule has 2 aliphatic rings. The maximum Gasteiger partial charge on any atom is 0.161 e. The summed E-state index contributed by atoms with van der Waals surface area (Å²) in [5, 5.41) is 0. The zero-order valence-corrected chi connectivity index (χ0v) is 16.5. The van der Waals surface area contributed by atoms with Crippen LogP contribution in [0.25, 0.3) is 0 Å². The quantitative estimate of drug-likeness (QED) is 0.383. The molecule has 1 fully saturated rings. The standard InChI is InChI=1S/C20H29ClO5/c1-22-17-9-15-11-20(5-3-4-6-20)13-26-19(12-25-14-24-8-7-21)16(15)10-18(17)23-2/h9-10,19H,3-8,11-14H2,1-2H3. The first-order valence-corrected chi connectivity index (χ1v) is 9.82. The predicted octanol–water partition coefficient (Wildman–Crippen LogP) is 4.11. The summed E-state index contributed by atoms with van der Waals surface area (Å²) < 4.78 is 28.4. The summed E-state index contributed by atoms with van der Waals surface area (Å²) in [6.45, 7) is 1.92. The Hall–Kier alpha value is -1.01. The maximum absolute atomic E-state index is 6.34. The van der Waals surface area contributed by atoms with Gasteiger partial charge in [-0.05, 0) is 47.9 Å². The van der Waals surface area contributed by atoms with Gasteiger partial charge in [-0.2, -0.15) is 0 Å². The minimum atomic E-state index is -0.135. The molecule has 1 aliphatic carbocycles. The lowest BCUT2D eigenvalue weighted by molar-refractivity contribution is -0.0993. The highest BCUT2D eigenvalue weighted by Gasteiger charge is 2.39. The van der Waals surface area contributed by atoms with Crippen molar-refractivity contribution in [2.45, 2.75) is 38.2 Å². The second kappa shape index (κ2) is 9.27. The molecule has 1 heterocycles. The van der Waals surface area contributed by atoms with Crippen molar-refractivity contribution in [3.8, 4) is 11.5 Å². The van der Waals surface area contributed by atoms with Crippen molar-refractivity contribution in [3.63, 3.8) is 0 Å². The number of benzene rings is 1. The van der Waals surface area contributed by atoms with Crippen LogP contribution < -0.4 is 9.47 Å². The fourth-order valence-electron chi connectivity index (χ4n) is 4.12. The Morgan fingerprint density at radius 2 is 1.85 bits per heavy atom. The number of methoxy groups -OCH3 is 2. The van der Waals surface area contributed by atoms with Crippen LogP contribution in [0.4, 0.5) is 0 Å². The fourth-order valence-corrected chi connectivity index (χ4v) is 4.23. The molecule has 26 heavy (non-hydrogen) atoms. The van der Waals surface area contributed by atoms with Crippen LogP contribution in [-0.4, -0.2) is 46.7 Å². The minimum Gasteiger partial charge on any atom is -0.493 e. The van der Waals surface area contributed by atoms with Gasteiger partial charge in [-0.3, -0.25) is 0 Å². The molecule has 1 spiro atoms. The molecule has 3 rings (SSSR count). The zero-order valence-electron chi connectivity index (χ0n) is 15.7. The molecule has 1 aromatic carbocycles. The van der Waals surface area contributed by atoms with Gasteiger partial charge in [0.25, 0.3) is 0 Å². The first-order chi connectivity index (χ1) is 12.7. The van der Waals surface area contributed by atoms with E-state index in [1.165, 1.54) is 31.2 Å². The second-order valence-electron chi connectivity index (χ2n) is 7.18. The summed E-state index contributed by atoms with van der Waals surface area (Å²) >= 11 is 5.62. The lowest BCUT2D eigenvalue weighted by Crippen LogP contribution is -2.25. The third-order valence-electron chi connectivity index (χ3n) is 5.47. The number of hydrogen-bond donors (Lipinski definition) is 0. The molecule has 5 nitrogen and oxygen atoms in total. The minimum absolute atomic E-state index is 0.135. The second-order valence-corrected chi connectivity index (χ2v) is 7.55. The zero-order chi connectivity index (χ0) is 18.4. The van der Waals surface area contributed by atoms with E-state index < -0.39 is 0 Å². The molecular formula is C20H29ClO5. The highest BCUT2D eigenvalue weighted by Crippen LogP contribution is 2.47. The summed E-state index contributed by atoms with van der Waals surface area (Å²) in [5.41, 5.74) is 2.64. The van der Waals surface area contributed by atoms with Crippen LogP contribution in [0.1, 0.15) is 42.9 Å². The van der Waals surface area contributed by atoms with Crippen molar-refractivity contribution in [3.05, 3.63) is 23.3 Å². The van der Waals surface area contributed by atoms with Gasteiger partial charge >= 0.3 is 0 Å². The maximum atomic E-state index is 6.34. The van der Waals surface area contributed by atoms with E-state index in [-0.39, 0.29) is 18.3 Å². The van der Waals surface area contributed by atoms with E-state index in [0.717, 1.165) is 30.1 Å². The molecule has 0 aromatic heterocycles. The summed E-state index contributed by atoms with van der Waals surface area (Å²) in [7, 11) is 3.34. The third-order valence-corrected chi connectivity index (χ3v) is 5.62. The smallest absolute Gasteiger partial charge is 0.161 e. The molecule has 0 bridgehead atoms. The van der Waals surface area contributed by atoms with Crippen LogP contribution in [0.3, 0.4) is 0 Å². The highest BCUT2D eigenvalue weighted by molar-refractivity contribution is 6.17. The molecule has 146 valence electrons. The summed E-state index contributed by atoms with van der Waals surface area (Å²) in [6.07, 6.45) is 5.87. The lowest BCUT2D eigenvalue weighted by Gasteiger charge is -2.27. The Morgan fingerprint density at radius 3 is 2.54 bits per heavy atom. The number of rotatable bonds is 8. The average Bonchev–Trinajstić information content (AvgIpc) is 3.06.